The molecule has 6 heteroatoms. The van der Waals surface area contributed by atoms with Crippen LogP contribution < -0.4 is 5.32 Å². The molecule has 0 saturated carbocycles. The second kappa shape index (κ2) is 7.79. The number of hydrogen-bond acceptors (Lipinski definition) is 5. The number of amides is 1. The van der Waals surface area contributed by atoms with Crippen LogP contribution in [0, 0.1) is 6.92 Å². The second-order valence-electron chi connectivity index (χ2n) is 5.27. The fourth-order valence-corrected chi connectivity index (χ4v) is 2.71. The van der Waals surface area contributed by atoms with Gasteiger partial charge in [-0.15, -0.1) is 10.2 Å². The molecule has 24 heavy (non-hydrogen) atoms. The smallest absolute Gasteiger partial charge is 0.230 e. The van der Waals surface area contributed by atoms with E-state index < -0.39 is 0 Å². The van der Waals surface area contributed by atoms with Crippen LogP contribution in [0.15, 0.2) is 64.2 Å². The first-order valence-corrected chi connectivity index (χ1v) is 8.52. The first-order valence-electron chi connectivity index (χ1n) is 7.53. The molecular formula is C18H17N3O2S. The van der Waals surface area contributed by atoms with Crippen LogP contribution in [0.1, 0.15) is 11.3 Å². The molecular weight excluding hydrogens is 322 g/mol. The average Bonchev–Trinajstić information content (AvgIpc) is 3.13. The molecule has 0 unspecified atom stereocenters. The van der Waals surface area contributed by atoms with Crippen molar-refractivity contribution in [3.05, 3.63) is 66.1 Å². The molecule has 1 aromatic carbocycles. The van der Waals surface area contributed by atoms with E-state index in [0.29, 0.717) is 12.3 Å². The van der Waals surface area contributed by atoms with Gasteiger partial charge in [-0.25, -0.2) is 0 Å². The van der Waals surface area contributed by atoms with E-state index in [1.807, 2.05) is 49.4 Å². The summed E-state index contributed by atoms with van der Waals surface area (Å²) in [6, 6.07) is 15.5. The van der Waals surface area contributed by atoms with Gasteiger partial charge in [-0.2, -0.15) is 0 Å². The lowest BCUT2D eigenvalue weighted by Gasteiger charge is -2.04. The summed E-state index contributed by atoms with van der Waals surface area (Å²) in [6.45, 7) is 2.44. The molecule has 0 radical (unpaired) electrons. The van der Waals surface area contributed by atoms with Gasteiger partial charge in [0.05, 0.1) is 24.3 Å². The largest absolute Gasteiger partial charge is 0.467 e. The van der Waals surface area contributed by atoms with Crippen LogP contribution in [0.25, 0.3) is 11.3 Å². The number of hydrogen-bond donors (Lipinski definition) is 1. The summed E-state index contributed by atoms with van der Waals surface area (Å²) in [6.07, 6.45) is 1.58. The van der Waals surface area contributed by atoms with Gasteiger partial charge in [-0.1, -0.05) is 41.6 Å². The lowest BCUT2D eigenvalue weighted by molar-refractivity contribution is -0.118. The lowest BCUT2D eigenvalue weighted by atomic mass is 10.1. The van der Waals surface area contributed by atoms with E-state index >= 15 is 0 Å². The van der Waals surface area contributed by atoms with E-state index in [4.69, 9.17) is 4.42 Å². The normalized spacial score (nSPS) is 10.5. The molecule has 5 nitrogen and oxygen atoms in total. The summed E-state index contributed by atoms with van der Waals surface area (Å²) in [5.74, 6) is 0.954. The molecule has 0 atom stereocenters. The van der Waals surface area contributed by atoms with Gasteiger partial charge in [0.2, 0.25) is 5.91 Å². The molecule has 1 amide bonds. The minimum atomic E-state index is -0.0687. The van der Waals surface area contributed by atoms with Crippen LogP contribution in [0.5, 0.6) is 0 Å². The molecule has 0 aliphatic heterocycles. The van der Waals surface area contributed by atoms with Gasteiger partial charge < -0.3 is 9.73 Å². The number of rotatable bonds is 6. The van der Waals surface area contributed by atoms with E-state index in [-0.39, 0.29) is 5.91 Å². The van der Waals surface area contributed by atoms with Gasteiger partial charge in [0.15, 0.2) is 0 Å². The number of nitrogens with one attached hydrogen (secondary N) is 1. The first-order chi connectivity index (χ1) is 11.7. The zero-order chi connectivity index (χ0) is 16.8. The van der Waals surface area contributed by atoms with E-state index in [9.17, 15) is 4.79 Å². The molecule has 2 aromatic heterocycles. The highest BCUT2D eigenvalue weighted by Gasteiger charge is 2.06. The summed E-state index contributed by atoms with van der Waals surface area (Å²) in [5, 5.41) is 11.9. The molecule has 2 heterocycles. The van der Waals surface area contributed by atoms with Gasteiger partial charge in [-0.05, 0) is 31.2 Å². The van der Waals surface area contributed by atoms with Crippen molar-refractivity contribution < 1.29 is 9.21 Å². The summed E-state index contributed by atoms with van der Waals surface area (Å²) >= 11 is 1.36. The van der Waals surface area contributed by atoms with E-state index in [1.165, 1.54) is 17.3 Å². The van der Waals surface area contributed by atoms with Crippen molar-refractivity contribution in [3.63, 3.8) is 0 Å². The molecule has 122 valence electrons. The predicted molar refractivity (Wildman–Crippen MR) is 93.5 cm³/mol. The van der Waals surface area contributed by atoms with Crippen LogP contribution in [-0.2, 0) is 11.3 Å². The number of furan rings is 1. The highest BCUT2D eigenvalue weighted by molar-refractivity contribution is 7.99. The Hall–Kier alpha value is -2.60. The Morgan fingerprint density at radius 1 is 1.12 bits per heavy atom. The Labute approximate surface area is 144 Å². The van der Waals surface area contributed by atoms with E-state index in [1.54, 1.807) is 12.3 Å². The van der Waals surface area contributed by atoms with Crippen LogP contribution >= 0.6 is 11.8 Å². The van der Waals surface area contributed by atoms with Crippen LogP contribution in [-0.4, -0.2) is 21.9 Å². The number of aryl methyl sites for hydroxylation is 1. The Morgan fingerprint density at radius 3 is 2.62 bits per heavy atom. The van der Waals surface area contributed by atoms with Crippen molar-refractivity contribution in [2.45, 2.75) is 18.5 Å². The molecule has 0 aliphatic carbocycles. The highest BCUT2D eigenvalue weighted by Crippen LogP contribution is 2.20. The summed E-state index contributed by atoms with van der Waals surface area (Å²) < 4.78 is 5.17. The Morgan fingerprint density at radius 2 is 1.96 bits per heavy atom. The van der Waals surface area contributed by atoms with Crippen molar-refractivity contribution in [2.24, 2.45) is 0 Å². The third-order valence-electron chi connectivity index (χ3n) is 3.38. The topological polar surface area (TPSA) is 68.0 Å². The van der Waals surface area contributed by atoms with E-state index in [2.05, 4.69) is 15.5 Å². The van der Waals surface area contributed by atoms with Gasteiger partial charge in [0.1, 0.15) is 10.8 Å². The highest BCUT2D eigenvalue weighted by atomic mass is 32.2. The van der Waals surface area contributed by atoms with Gasteiger partial charge in [0, 0.05) is 5.56 Å². The number of thioether (sulfide) groups is 1. The molecule has 0 fully saturated rings. The number of carbonyl (C=O) groups excluding carboxylic acids is 1. The predicted octanol–water partition coefficient (Wildman–Crippen LogP) is 3.45. The van der Waals surface area contributed by atoms with Crippen molar-refractivity contribution in [1.29, 1.82) is 0 Å². The van der Waals surface area contributed by atoms with Gasteiger partial charge in [-0.3, -0.25) is 4.79 Å². The first kappa shape index (κ1) is 16.3. The van der Waals surface area contributed by atoms with Gasteiger partial charge in [0.25, 0.3) is 0 Å². The quantitative estimate of drug-likeness (QED) is 0.697. The third-order valence-corrected chi connectivity index (χ3v) is 4.30. The maximum Gasteiger partial charge on any atom is 0.230 e. The minimum absolute atomic E-state index is 0.0687. The standard InChI is InChI=1S/C18H17N3O2S/c1-13-4-6-14(7-5-13)16-8-9-18(21-20-16)24-12-17(22)19-11-15-3-2-10-23-15/h2-10H,11-12H2,1H3,(H,19,22). The van der Waals surface area contributed by atoms with Crippen LogP contribution in [0.2, 0.25) is 0 Å². The fraction of sp³-hybridized carbons (Fsp3) is 0.167. The zero-order valence-corrected chi connectivity index (χ0v) is 14.0. The third kappa shape index (κ3) is 4.45. The van der Waals surface area contributed by atoms with Crippen molar-refractivity contribution in [2.75, 3.05) is 5.75 Å². The Bertz CT molecular complexity index is 784. The maximum atomic E-state index is 11.8. The minimum Gasteiger partial charge on any atom is -0.467 e. The van der Waals surface area contributed by atoms with Crippen molar-refractivity contribution in [3.8, 4) is 11.3 Å². The van der Waals surface area contributed by atoms with Crippen molar-refractivity contribution >= 4 is 17.7 Å². The maximum absolute atomic E-state index is 11.8. The van der Waals surface area contributed by atoms with Gasteiger partial charge >= 0.3 is 0 Å². The second-order valence-corrected chi connectivity index (χ2v) is 6.26. The monoisotopic (exact) mass is 339 g/mol. The molecule has 0 saturated heterocycles. The number of benzene rings is 1. The molecule has 0 aliphatic rings. The molecule has 0 bridgehead atoms. The van der Waals surface area contributed by atoms with Crippen molar-refractivity contribution in [1.82, 2.24) is 15.5 Å². The van der Waals surface area contributed by atoms with E-state index in [0.717, 1.165) is 22.0 Å². The Kier molecular flexibility index (Phi) is 5.28. The molecule has 3 rings (SSSR count). The molecule has 3 aromatic rings. The fourth-order valence-electron chi connectivity index (χ4n) is 2.06. The number of carbonyl (C=O) groups is 1. The molecule has 1 N–H and O–H groups in total. The van der Waals surface area contributed by atoms with Crippen LogP contribution in [0.4, 0.5) is 0 Å². The number of aromatic nitrogens is 2. The molecule has 0 spiro atoms. The summed E-state index contributed by atoms with van der Waals surface area (Å²) in [7, 11) is 0. The summed E-state index contributed by atoms with van der Waals surface area (Å²) in [4.78, 5) is 11.8. The summed E-state index contributed by atoms with van der Waals surface area (Å²) in [5.41, 5.74) is 3.06. The number of nitrogens with zero attached hydrogens (tertiary/aromatic N) is 2. The SMILES string of the molecule is Cc1ccc(-c2ccc(SCC(=O)NCc3ccco3)nn2)cc1. The Balaban J connectivity index is 1.50. The van der Waals surface area contributed by atoms with Crippen LogP contribution in [0.3, 0.4) is 0 Å². The lowest BCUT2D eigenvalue weighted by Crippen LogP contribution is -2.24. The average molecular weight is 339 g/mol. The zero-order valence-electron chi connectivity index (χ0n) is 13.2.